The Kier molecular flexibility index (Phi) is 5.65. The van der Waals surface area contributed by atoms with Crippen LogP contribution in [-0.4, -0.2) is 81.9 Å². The molecule has 5 N–H and O–H groups in total. The number of rotatable bonds is 6. The van der Waals surface area contributed by atoms with E-state index in [1.807, 2.05) is 0 Å². The van der Waals surface area contributed by atoms with E-state index in [-0.39, 0.29) is 5.84 Å². The van der Waals surface area contributed by atoms with Crippen LogP contribution in [0, 0.1) is 5.92 Å². The van der Waals surface area contributed by atoms with E-state index in [2.05, 4.69) is 15.3 Å². The fraction of sp³-hybridized carbons (Fsp3) is 0.571. The van der Waals surface area contributed by atoms with Crippen molar-refractivity contribution in [1.82, 2.24) is 5.32 Å². The topological polar surface area (TPSA) is 161 Å². The fourth-order valence-electron chi connectivity index (χ4n) is 2.60. The number of amidine groups is 1. The van der Waals surface area contributed by atoms with Gasteiger partial charge < -0.3 is 30.5 Å². The Morgan fingerprint density at radius 1 is 1.46 bits per heavy atom. The number of carboxylic acid groups (broad SMARTS) is 1. The summed E-state index contributed by atoms with van der Waals surface area (Å²) in [5, 5.41) is 40.7. The molecule has 0 radical (unpaired) electrons. The van der Waals surface area contributed by atoms with E-state index < -0.39 is 54.5 Å². The minimum absolute atomic E-state index is 0.284. The third-order valence-corrected chi connectivity index (χ3v) is 3.69. The molecular formula is C14H19N3O7. The average molecular weight is 341 g/mol. The number of carbonyl (C=O) groups is 2. The Hall–Kier alpha value is -2.30. The second-order valence-electron chi connectivity index (χ2n) is 5.42. The first-order chi connectivity index (χ1) is 11.3. The normalized spacial score (nSPS) is 28.4. The quantitative estimate of drug-likeness (QED) is 0.362. The zero-order chi connectivity index (χ0) is 17.9. The van der Waals surface area contributed by atoms with Gasteiger partial charge in [-0.2, -0.15) is 0 Å². The van der Waals surface area contributed by atoms with Crippen molar-refractivity contribution in [1.29, 1.82) is 0 Å². The first-order valence-corrected chi connectivity index (χ1v) is 7.28. The van der Waals surface area contributed by atoms with Crippen molar-refractivity contribution in [3.63, 3.8) is 0 Å². The van der Waals surface area contributed by atoms with Crippen molar-refractivity contribution < 1.29 is 34.8 Å². The van der Waals surface area contributed by atoms with E-state index in [4.69, 9.17) is 9.84 Å². The molecule has 2 rings (SSSR count). The van der Waals surface area contributed by atoms with Crippen molar-refractivity contribution in [3.05, 3.63) is 11.8 Å². The van der Waals surface area contributed by atoms with Gasteiger partial charge in [0.15, 0.2) is 0 Å². The molecule has 0 unspecified atom stereocenters. The highest BCUT2D eigenvalue weighted by atomic mass is 16.5. The van der Waals surface area contributed by atoms with Crippen molar-refractivity contribution in [2.24, 2.45) is 15.9 Å². The lowest BCUT2D eigenvalue weighted by Gasteiger charge is -2.39. The summed E-state index contributed by atoms with van der Waals surface area (Å²) in [4.78, 5) is 31.0. The van der Waals surface area contributed by atoms with Gasteiger partial charge in [-0.05, 0) is 6.08 Å². The summed E-state index contributed by atoms with van der Waals surface area (Å²) < 4.78 is 5.25. The molecule has 0 aromatic carbocycles. The molecule has 0 aromatic rings. The molecule has 0 saturated carbocycles. The number of amides is 1. The summed E-state index contributed by atoms with van der Waals surface area (Å²) in [7, 11) is 0. The molecule has 0 fully saturated rings. The van der Waals surface area contributed by atoms with Crippen LogP contribution < -0.4 is 5.32 Å². The number of aliphatic hydroxyl groups is 3. The van der Waals surface area contributed by atoms with Gasteiger partial charge in [0.2, 0.25) is 11.7 Å². The van der Waals surface area contributed by atoms with E-state index in [1.165, 1.54) is 19.2 Å². The van der Waals surface area contributed by atoms with Crippen LogP contribution in [0.1, 0.15) is 6.92 Å². The van der Waals surface area contributed by atoms with Crippen LogP contribution in [0.4, 0.5) is 0 Å². The van der Waals surface area contributed by atoms with Crippen LogP contribution in [-0.2, 0) is 14.3 Å². The van der Waals surface area contributed by atoms with E-state index in [9.17, 15) is 24.9 Å². The molecule has 24 heavy (non-hydrogen) atoms. The fourth-order valence-corrected chi connectivity index (χ4v) is 2.60. The van der Waals surface area contributed by atoms with Crippen LogP contribution in [0.5, 0.6) is 0 Å². The lowest BCUT2D eigenvalue weighted by atomic mass is 9.86. The lowest BCUT2D eigenvalue weighted by Crippen LogP contribution is -2.59. The standard InChI is InChI=1S/C14H19N3O7/c1-6(19)17-10-7(13-15-2-3-16-13)4-9(14(22)23)24-12(10)11(21)8(20)5-18/h2,4,7-8,10-12,18,20-21H,3,5H2,1H3,(H,17,19)(H,22,23)/t7-,8-,10-,11-,12-/m1/s1. The number of carboxylic acids is 1. The molecule has 0 aliphatic carbocycles. The number of aliphatic carboxylic acids is 1. The summed E-state index contributed by atoms with van der Waals surface area (Å²) in [6.45, 7) is 0.811. The summed E-state index contributed by atoms with van der Waals surface area (Å²) in [6.07, 6.45) is -1.75. The number of nitrogens with one attached hydrogen (secondary N) is 1. The highest BCUT2D eigenvalue weighted by Crippen LogP contribution is 2.28. The van der Waals surface area contributed by atoms with E-state index in [0.29, 0.717) is 6.54 Å². The molecule has 2 heterocycles. The number of ether oxygens (including phenoxy) is 1. The van der Waals surface area contributed by atoms with Gasteiger partial charge in [0.05, 0.1) is 25.1 Å². The second kappa shape index (κ2) is 7.51. The van der Waals surface area contributed by atoms with Crippen LogP contribution in [0.25, 0.3) is 0 Å². The molecule has 0 saturated heterocycles. The molecule has 0 spiro atoms. The predicted octanol–water partition coefficient (Wildman–Crippen LogP) is -2.33. The summed E-state index contributed by atoms with van der Waals surface area (Å²) in [5.41, 5.74) is 0. The van der Waals surface area contributed by atoms with Crippen molar-refractivity contribution in [2.45, 2.75) is 31.3 Å². The minimum Gasteiger partial charge on any atom is -0.478 e. The van der Waals surface area contributed by atoms with E-state index in [1.54, 1.807) is 0 Å². The highest BCUT2D eigenvalue weighted by molar-refractivity contribution is 5.99. The number of aliphatic hydroxyl groups excluding tert-OH is 3. The maximum absolute atomic E-state index is 11.5. The Morgan fingerprint density at radius 2 is 2.17 bits per heavy atom. The zero-order valence-electron chi connectivity index (χ0n) is 12.9. The molecule has 0 aromatic heterocycles. The van der Waals surface area contributed by atoms with E-state index >= 15 is 0 Å². The Morgan fingerprint density at radius 3 is 2.67 bits per heavy atom. The molecule has 10 heteroatoms. The smallest absolute Gasteiger partial charge is 0.370 e. The van der Waals surface area contributed by atoms with Crippen LogP contribution in [0.3, 0.4) is 0 Å². The largest absolute Gasteiger partial charge is 0.478 e. The Labute approximate surface area is 137 Å². The Bertz CT molecular complexity index is 601. The number of hydrogen-bond acceptors (Lipinski definition) is 8. The first kappa shape index (κ1) is 18.0. The molecule has 10 nitrogen and oxygen atoms in total. The van der Waals surface area contributed by atoms with Gasteiger partial charge >= 0.3 is 5.97 Å². The molecule has 132 valence electrons. The van der Waals surface area contributed by atoms with Crippen LogP contribution in [0.2, 0.25) is 0 Å². The third-order valence-electron chi connectivity index (χ3n) is 3.69. The molecule has 0 bridgehead atoms. The number of nitrogens with zero attached hydrogens (tertiary/aromatic N) is 2. The maximum atomic E-state index is 11.5. The first-order valence-electron chi connectivity index (χ1n) is 7.28. The average Bonchev–Trinajstić information content (AvgIpc) is 3.07. The van der Waals surface area contributed by atoms with Crippen LogP contribution >= 0.6 is 0 Å². The molecular weight excluding hydrogens is 322 g/mol. The highest BCUT2D eigenvalue weighted by Gasteiger charge is 2.45. The van der Waals surface area contributed by atoms with Crippen LogP contribution in [0.15, 0.2) is 21.8 Å². The third kappa shape index (κ3) is 3.78. The van der Waals surface area contributed by atoms with Gasteiger partial charge in [-0.25, -0.2) is 9.79 Å². The van der Waals surface area contributed by atoms with Crippen molar-refractivity contribution in [3.8, 4) is 0 Å². The molecule has 1 amide bonds. The molecule has 5 atom stereocenters. The maximum Gasteiger partial charge on any atom is 0.370 e. The zero-order valence-corrected chi connectivity index (χ0v) is 12.9. The minimum atomic E-state index is -1.64. The van der Waals surface area contributed by atoms with Gasteiger partial charge in [0, 0.05) is 13.1 Å². The number of hydrogen-bond donors (Lipinski definition) is 5. The van der Waals surface area contributed by atoms with Gasteiger partial charge in [0.1, 0.15) is 24.1 Å². The molecule has 2 aliphatic rings. The SMILES string of the molecule is CC(=O)N[C@H]1[C@H]([C@H](O)[C@H](O)CO)OC(C(=O)O)=C[C@H]1C1=NCC=N1. The Balaban J connectivity index is 2.43. The van der Waals surface area contributed by atoms with Gasteiger partial charge in [-0.15, -0.1) is 0 Å². The summed E-state index contributed by atoms with van der Waals surface area (Å²) in [6, 6.07) is -0.921. The van der Waals surface area contributed by atoms with Crippen molar-refractivity contribution >= 4 is 23.9 Å². The predicted molar refractivity (Wildman–Crippen MR) is 81.6 cm³/mol. The van der Waals surface area contributed by atoms with Gasteiger partial charge in [-0.1, -0.05) is 0 Å². The van der Waals surface area contributed by atoms with Gasteiger partial charge in [0.25, 0.3) is 0 Å². The second-order valence-corrected chi connectivity index (χ2v) is 5.42. The monoisotopic (exact) mass is 341 g/mol. The van der Waals surface area contributed by atoms with Crippen molar-refractivity contribution in [2.75, 3.05) is 13.2 Å². The summed E-state index contributed by atoms with van der Waals surface area (Å²) in [5.74, 6) is -2.76. The lowest BCUT2D eigenvalue weighted by molar-refractivity contribution is -0.146. The molecule has 2 aliphatic heterocycles. The number of aliphatic imine (C=N–C) groups is 2. The van der Waals surface area contributed by atoms with E-state index in [0.717, 1.165) is 0 Å². The summed E-state index contributed by atoms with van der Waals surface area (Å²) >= 11 is 0. The van der Waals surface area contributed by atoms with Gasteiger partial charge in [-0.3, -0.25) is 9.79 Å². The number of carbonyl (C=O) groups excluding carboxylic acids is 1.